The molecule has 104 valence electrons. The molecule has 0 bridgehead atoms. The van der Waals surface area contributed by atoms with Crippen LogP contribution in [0.25, 0.3) is 0 Å². The van der Waals surface area contributed by atoms with E-state index in [1.165, 1.54) is 6.07 Å². The fourth-order valence-corrected chi connectivity index (χ4v) is 3.54. The molecule has 1 aliphatic rings. The Bertz CT molecular complexity index is 644. The van der Waals surface area contributed by atoms with Crippen molar-refractivity contribution < 1.29 is 17.6 Å². The molecule has 19 heavy (non-hydrogen) atoms. The van der Waals surface area contributed by atoms with Crippen LogP contribution in [-0.4, -0.2) is 26.6 Å². The van der Waals surface area contributed by atoms with Gasteiger partial charge in [-0.3, -0.25) is 9.10 Å². The SMILES string of the molecule is CS(=O)(=O)N(c1ccc(F)c(C(N)=O)c1Cl)C1CC1. The Morgan fingerprint density at radius 2 is 2.05 bits per heavy atom. The van der Waals surface area contributed by atoms with Gasteiger partial charge in [0.2, 0.25) is 10.0 Å². The highest BCUT2D eigenvalue weighted by atomic mass is 35.5. The number of amides is 1. The van der Waals surface area contributed by atoms with Crippen molar-refractivity contribution in [1.82, 2.24) is 0 Å². The lowest BCUT2D eigenvalue weighted by atomic mass is 10.1. The molecule has 8 heteroatoms. The van der Waals surface area contributed by atoms with E-state index in [9.17, 15) is 17.6 Å². The van der Waals surface area contributed by atoms with Crippen molar-refractivity contribution in [2.75, 3.05) is 10.6 Å². The van der Waals surface area contributed by atoms with Crippen molar-refractivity contribution in [1.29, 1.82) is 0 Å². The summed E-state index contributed by atoms with van der Waals surface area (Å²) in [6.07, 6.45) is 2.44. The van der Waals surface area contributed by atoms with Gasteiger partial charge in [0.25, 0.3) is 5.91 Å². The van der Waals surface area contributed by atoms with Gasteiger partial charge in [0.1, 0.15) is 5.82 Å². The zero-order valence-corrected chi connectivity index (χ0v) is 11.6. The minimum Gasteiger partial charge on any atom is -0.365 e. The van der Waals surface area contributed by atoms with Gasteiger partial charge in [0.15, 0.2) is 0 Å². The quantitative estimate of drug-likeness (QED) is 0.915. The Labute approximate surface area is 115 Å². The first-order chi connectivity index (χ1) is 8.73. The monoisotopic (exact) mass is 306 g/mol. The standard InChI is InChI=1S/C11H12ClFN2O3S/c1-19(17,18)15(6-2-3-6)8-5-4-7(13)9(10(8)12)11(14)16/h4-6H,2-3H2,1H3,(H2,14,16). The summed E-state index contributed by atoms with van der Waals surface area (Å²) < 4.78 is 38.2. The van der Waals surface area contributed by atoms with Crippen LogP contribution in [0.3, 0.4) is 0 Å². The fourth-order valence-electron chi connectivity index (χ4n) is 1.89. The minimum absolute atomic E-state index is 0.0851. The summed E-state index contributed by atoms with van der Waals surface area (Å²) in [5.41, 5.74) is 4.65. The van der Waals surface area contributed by atoms with Crippen LogP contribution in [0.5, 0.6) is 0 Å². The van der Waals surface area contributed by atoms with Crippen molar-refractivity contribution in [2.45, 2.75) is 18.9 Å². The van der Waals surface area contributed by atoms with E-state index in [0.717, 1.165) is 16.6 Å². The first-order valence-electron chi connectivity index (χ1n) is 5.50. The average molecular weight is 307 g/mol. The van der Waals surface area contributed by atoms with Crippen LogP contribution in [-0.2, 0) is 10.0 Å². The Morgan fingerprint density at radius 3 is 2.47 bits per heavy atom. The molecule has 0 heterocycles. The van der Waals surface area contributed by atoms with Crippen molar-refractivity contribution in [2.24, 2.45) is 5.73 Å². The van der Waals surface area contributed by atoms with Gasteiger partial charge in [0, 0.05) is 6.04 Å². The molecule has 5 nitrogen and oxygen atoms in total. The number of nitrogens with two attached hydrogens (primary N) is 1. The van der Waals surface area contributed by atoms with Crippen LogP contribution in [0.1, 0.15) is 23.2 Å². The molecule has 0 atom stereocenters. The van der Waals surface area contributed by atoms with Crippen molar-refractivity contribution in [3.63, 3.8) is 0 Å². The second-order valence-corrected chi connectivity index (χ2v) is 6.65. The number of hydrogen-bond donors (Lipinski definition) is 1. The summed E-state index contributed by atoms with van der Waals surface area (Å²) in [7, 11) is -3.56. The maximum Gasteiger partial charge on any atom is 0.253 e. The molecule has 0 spiro atoms. The number of carbonyl (C=O) groups excluding carboxylic acids is 1. The molecule has 1 aromatic rings. The van der Waals surface area contributed by atoms with Crippen LogP contribution < -0.4 is 10.0 Å². The van der Waals surface area contributed by atoms with Crippen LogP contribution in [0.15, 0.2) is 12.1 Å². The predicted molar refractivity (Wildman–Crippen MR) is 70.3 cm³/mol. The van der Waals surface area contributed by atoms with Gasteiger partial charge in [-0.05, 0) is 25.0 Å². The number of rotatable bonds is 4. The second kappa shape index (κ2) is 4.64. The lowest BCUT2D eigenvalue weighted by Gasteiger charge is -2.23. The van der Waals surface area contributed by atoms with E-state index in [1.807, 2.05) is 0 Å². The molecule has 1 saturated carbocycles. The van der Waals surface area contributed by atoms with Crippen molar-refractivity contribution >= 4 is 33.2 Å². The molecular formula is C11H12ClFN2O3S. The normalized spacial score (nSPS) is 15.3. The zero-order chi connectivity index (χ0) is 14.4. The van der Waals surface area contributed by atoms with Gasteiger partial charge >= 0.3 is 0 Å². The fraction of sp³-hybridized carbons (Fsp3) is 0.364. The second-order valence-electron chi connectivity index (χ2n) is 4.41. The van der Waals surface area contributed by atoms with E-state index in [2.05, 4.69) is 0 Å². The Morgan fingerprint density at radius 1 is 1.47 bits per heavy atom. The number of primary amides is 1. The first kappa shape index (κ1) is 14.1. The molecule has 0 aliphatic heterocycles. The van der Waals surface area contributed by atoms with Gasteiger partial charge in [-0.2, -0.15) is 0 Å². The van der Waals surface area contributed by atoms with E-state index < -0.39 is 27.3 Å². The molecular weight excluding hydrogens is 295 g/mol. The number of halogens is 2. The highest BCUT2D eigenvalue weighted by Gasteiger charge is 2.37. The third kappa shape index (κ3) is 2.66. The third-order valence-corrected chi connectivity index (χ3v) is 4.38. The maximum absolute atomic E-state index is 13.5. The van der Waals surface area contributed by atoms with Crippen LogP contribution in [0, 0.1) is 5.82 Å². The number of carbonyl (C=O) groups is 1. The molecule has 1 aliphatic carbocycles. The topological polar surface area (TPSA) is 80.5 Å². The van der Waals surface area contributed by atoms with Crippen LogP contribution in [0.2, 0.25) is 5.02 Å². The molecule has 0 aromatic heterocycles. The van der Waals surface area contributed by atoms with E-state index in [0.29, 0.717) is 12.8 Å². The molecule has 1 amide bonds. The van der Waals surface area contributed by atoms with Gasteiger partial charge in [-0.15, -0.1) is 0 Å². The summed E-state index contributed by atoms with van der Waals surface area (Å²) >= 11 is 5.93. The molecule has 0 radical (unpaired) electrons. The summed E-state index contributed by atoms with van der Waals surface area (Å²) in [6.45, 7) is 0. The number of anilines is 1. The Balaban J connectivity index is 2.62. The van der Waals surface area contributed by atoms with E-state index in [4.69, 9.17) is 17.3 Å². The van der Waals surface area contributed by atoms with Crippen molar-refractivity contribution in [3.05, 3.63) is 28.5 Å². The molecule has 1 aromatic carbocycles. The summed E-state index contributed by atoms with van der Waals surface area (Å²) in [6, 6.07) is 2.03. The summed E-state index contributed by atoms with van der Waals surface area (Å²) in [4.78, 5) is 11.2. The number of nitrogens with zero attached hydrogens (tertiary/aromatic N) is 1. The Hall–Kier alpha value is -1.34. The third-order valence-electron chi connectivity index (χ3n) is 2.79. The molecule has 0 saturated heterocycles. The smallest absolute Gasteiger partial charge is 0.253 e. The zero-order valence-electron chi connectivity index (χ0n) is 10.1. The van der Waals surface area contributed by atoms with Gasteiger partial charge in [-0.25, -0.2) is 12.8 Å². The number of hydrogen-bond acceptors (Lipinski definition) is 3. The highest BCUT2D eigenvalue weighted by Crippen LogP contribution is 2.39. The van der Waals surface area contributed by atoms with Crippen LogP contribution in [0.4, 0.5) is 10.1 Å². The van der Waals surface area contributed by atoms with Gasteiger partial charge in [0.05, 0.1) is 22.5 Å². The number of benzene rings is 1. The number of sulfonamides is 1. The average Bonchev–Trinajstić information content (AvgIpc) is 3.03. The molecule has 2 N–H and O–H groups in total. The van der Waals surface area contributed by atoms with Gasteiger partial charge in [-0.1, -0.05) is 11.6 Å². The van der Waals surface area contributed by atoms with Crippen LogP contribution >= 0.6 is 11.6 Å². The van der Waals surface area contributed by atoms with E-state index in [-0.39, 0.29) is 16.8 Å². The highest BCUT2D eigenvalue weighted by molar-refractivity contribution is 7.92. The van der Waals surface area contributed by atoms with Crippen molar-refractivity contribution in [3.8, 4) is 0 Å². The molecule has 1 fully saturated rings. The lowest BCUT2D eigenvalue weighted by Crippen LogP contribution is -2.32. The minimum atomic E-state index is -3.56. The maximum atomic E-state index is 13.5. The largest absolute Gasteiger partial charge is 0.365 e. The molecule has 0 unspecified atom stereocenters. The summed E-state index contributed by atoms with van der Waals surface area (Å²) in [5, 5.41) is -0.273. The lowest BCUT2D eigenvalue weighted by molar-refractivity contribution is 0.0996. The first-order valence-corrected chi connectivity index (χ1v) is 7.73. The summed E-state index contributed by atoms with van der Waals surface area (Å²) in [5.74, 6) is -1.90. The van der Waals surface area contributed by atoms with E-state index >= 15 is 0 Å². The predicted octanol–water partition coefficient (Wildman–Crippen LogP) is 1.51. The van der Waals surface area contributed by atoms with Gasteiger partial charge < -0.3 is 5.73 Å². The molecule has 2 rings (SSSR count). The van der Waals surface area contributed by atoms with E-state index in [1.54, 1.807) is 0 Å². The Kier molecular flexibility index (Phi) is 3.44.